The van der Waals surface area contributed by atoms with E-state index in [0.717, 1.165) is 29.7 Å². The second kappa shape index (κ2) is 4.28. The molecule has 1 aromatic heterocycles. The van der Waals surface area contributed by atoms with E-state index < -0.39 is 0 Å². The summed E-state index contributed by atoms with van der Waals surface area (Å²) in [6.45, 7) is 6.07. The molecular weight excluding hydrogens is 231 g/mol. The van der Waals surface area contributed by atoms with Gasteiger partial charge in [-0.1, -0.05) is 0 Å². The summed E-state index contributed by atoms with van der Waals surface area (Å²) in [5.41, 5.74) is 1.63. The van der Waals surface area contributed by atoms with Gasteiger partial charge in [0.1, 0.15) is 5.82 Å². The van der Waals surface area contributed by atoms with Gasteiger partial charge in [-0.3, -0.25) is 0 Å². The van der Waals surface area contributed by atoms with E-state index >= 15 is 0 Å². The Morgan fingerprint density at radius 2 is 2.22 bits per heavy atom. The van der Waals surface area contributed by atoms with Crippen molar-refractivity contribution in [3.63, 3.8) is 0 Å². The molecule has 4 heteroatoms. The Morgan fingerprint density at radius 3 is 3.06 bits per heavy atom. The summed E-state index contributed by atoms with van der Waals surface area (Å²) in [7, 11) is 0. The number of piperazine rings is 1. The number of benzene rings is 1. The van der Waals surface area contributed by atoms with Gasteiger partial charge in [-0.2, -0.15) is 0 Å². The van der Waals surface area contributed by atoms with Crippen LogP contribution in [-0.2, 0) is 0 Å². The zero-order valence-electron chi connectivity index (χ0n) is 10.6. The van der Waals surface area contributed by atoms with Crippen LogP contribution in [0.4, 0.5) is 10.1 Å². The van der Waals surface area contributed by atoms with Gasteiger partial charge in [0.25, 0.3) is 0 Å². The lowest BCUT2D eigenvalue weighted by Crippen LogP contribution is -2.55. The number of hydrogen-bond acceptors (Lipinski definition) is 3. The van der Waals surface area contributed by atoms with Gasteiger partial charge in [0.05, 0.1) is 12.0 Å². The van der Waals surface area contributed by atoms with Crippen molar-refractivity contribution < 1.29 is 8.81 Å². The predicted molar refractivity (Wildman–Crippen MR) is 70.4 cm³/mol. The molecule has 2 heterocycles. The third-order valence-corrected chi connectivity index (χ3v) is 3.84. The molecule has 1 N–H and O–H groups in total. The first-order valence-electron chi connectivity index (χ1n) is 6.33. The maximum Gasteiger partial charge on any atom is 0.157 e. The fourth-order valence-electron chi connectivity index (χ4n) is 2.64. The highest BCUT2D eigenvalue weighted by Crippen LogP contribution is 2.31. The largest absolute Gasteiger partial charge is 0.462 e. The number of hydrogen-bond donors (Lipinski definition) is 1. The maximum atomic E-state index is 13.7. The zero-order valence-corrected chi connectivity index (χ0v) is 10.6. The minimum Gasteiger partial charge on any atom is -0.462 e. The van der Waals surface area contributed by atoms with Crippen molar-refractivity contribution >= 4 is 16.7 Å². The highest BCUT2D eigenvalue weighted by atomic mass is 19.1. The number of fused-ring (bicyclic) bond motifs is 1. The molecule has 3 nitrogen and oxygen atoms in total. The van der Waals surface area contributed by atoms with E-state index in [4.69, 9.17) is 4.42 Å². The summed E-state index contributed by atoms with van der Waals surface area (Å²) in [6, 6.07) is 5.58. The Labute approximate surface area is 106 Å². The van der Waals surface area contributed by atoms with E-state index in [-0.39, 0.29) is 5.82 Å². The number of anilines is 1. The molecule has 2 aromatic rings. The summed E-state index contributed by atoms with van der Waals surface area (Å²) in [5, 5.41) is 4.24. The van der Waals surface area contributed by atoms with Crippen molar-refractivity contribution in [2.24, 2.45) is 0 Å². The van der Waals surface area contributed by atoms with Gasteiger partial charge in [-0.15, -0.1) is 0 Å². The van der Waals surface area contributed by atoms with Gasteiger partial charge < -0.3 is 14.6 Å². The number of halogens is 1. The minimum absolute atomic E-state index is 0.211. The normalized spacial score (nSPS) is 24.7. The van der Waals surface area contributed by atoms with E-state index in [1.54, 1.807) is 18.4 Å². The van der Waals surface area contributed by atoms with Crippen LogP contribution >= 0.6 is 0 Å². The lowest BCUT2D eigenvalue weighted by Gasteiger charge is -2.40. The molecule has 0 amide bonds. The number of rotatable bonds is 1. The van der Waals surface area contributed by atoms with Gasteiger partial charge in [0, 0.05) is 36.6 Å². The third-order valence-electron chi connectivity index (χ3n) is 3.84. The van der Waals surface area contributed by atoms with Gasteiger partial charge in [-0.05, 0) is 26.0 Å². The molecule has 0 bridgehead atoms. The van der Waals surface area contributed by atoms with E-state index in [0.29, 0.717) is 12.1 Å². The van der Waals surface area contributed by atoms with E-state index in [9.17, 15) is 4.39 Å². The van der Waals surface area contributed by atoms with E-state index in [1.165, 1.54) is 6.07 Å². The van der Waals surface area contributed by atoms with Crippen LogP contribution in [0.1, 0.15) is 13.8 Å². The summed E-state index contributed by atoms with van der Waals surface area (Å²) in [5.74, 6) is -0.211. The monoisotopic (exact) mass is 248 g/mol. The van der Waals surface area contributed by atoms with Crippen molar-refractivity contribution in [2.75, 3.05) is 18.0 Å². The van der Waals surface area contributed by atoms with E-state index in [2.05, 4.69) is 24.1 Å². The standard InChI is InChI=1S/C14H17FN2O/c1-9-10(2)17(5-4-16-9)13-8-12(15)7-11-3-6-18-14(11)13/h3,6-10,16H,4-5H2,1-2H3/t9-,10+/m1/s1. The van der Waals surface area contributed by atoms with Gasteiger partial charge in [0.15, 0.2) is 5.58 Å². The molecular formula is C14H17FN2O. The molecule has 0 saturated carbocycles. The van der Waals surface area contributed by atoms with Crippen molar-refractivity contribution in [3.8, 4) is 0 Å². The summed E-state index contributed by atoms with van der Waals surface area (Å²) in [6.07, 6.45) is 1.61. The molecule has 0 aliphatic carbocycles. The van der Waals surface area contributed by atoms with Crippen LogP contribution < -0.4 is 10.2 Å². The van der Waals surface area contributed by atoms with Crippen LogP contribution in [0.5, 0.6) is 0 Å². The maximum absolute atomic E-state index is 13.7. The number of nitrogens with zero attached hydrogens (tertiary/aromatic N) is 1. The smallest absolute Gasteiger partial charge is 0.157 e. The van der Waals surface area contributed by atoms with Crippen LogP contribution in [0, 0.1) is 5.82 Å². The molecule has 0 radical (unpaired) electrons. The molecule has 1 fully saturated rings. The SMILES string of the molecule is C[C@H]1NCCN(c2cc(F)cc3ccoc23)[C@H]1C. The fourth-order valence-corrected chi connectivity index (χ4v) is 2.64. The van der Waals surface area contributed by atoms with Crippen LogP contribution in [0.25, 0.3) is 11.0 Å². The van der Waals surface area contributed by atoms with Crippen molar-refractivity contribution in [1.29, 1.82) is 0 Å². The molecule has 18 heavy (non-hydrogen) atoms. The van der Waals surface area contributed by atoms with E-state index in [1.807, 2.05) is 0 Å². The molecule has 0 spiro atoms. The molecule has 1 aromatic carbocycles. The first-order valence-corrected chi connectivity index (χ1v) is 6.33. The summed E-state index contributed by atoms with van der Waals surface area (Å²) in [4.78, 5) is 2.22. The summed E-state index contributed by atoms with van der Waals surface area (Å²) < 4.78 is 19.2. The summed E-state index contributed by atoms with van der Waals surface area (Å²) >= 11 is 0. The highest BCUT2D eigenvalue weighted by Gasteiger charge is 2.26. The number of nitrogens with one attached hydrogen (secondary N) is 1. The highest BCUT2D eigenvalue weighted by molar-refractivity contribution is 5.89. The molecule has 0 unspecified atom stereocenters. The zero-order chi connectivity index (χ0) is 12.7. The average Bonchev–Trinajstić information content (AvgIpc) is 2.79. The minimum atomic E-state index is -0.211. The van der Waals surface area contributed by atoms with Crippen molar-refractivity contribution in [1.82, 2.24) is 5.32 Å². The van der Waals surface area contributed by atoms with Crippen LogP contribution in [0.15, 0.2) is 28.9 Å². The second-order valence-electron chi connectivity index (χ2n) is 4.94. The number of furan rings is 1. The van der Waals surface area contributed by atoms with Gasteiger partial charge in [-0.25, -0.2) is 4.39 Å². The Balaban J connectivity index is 2.10. The van der Waals surface area contributed by atoms with Crippen LogP contribution in [0.3, 0.4) is 0 Å². The quantitative estimate of drug-likeness (QED) is 0.841. The Morgan fingerprint density at radius 1 is 1.39 bits per heavy atom. The third kappa shape index (κ3) is 1.77. The van der Waals surface area contributed by atoms with Gasteiger partial charge >= 0.3 is 0 Å². The van der Waals surface area contributed by atoms with Crippen molar-refractivity contribution in [3.05, 3.63) is 30.3 Å². The average molecular weight is 248 g/mol. The molecule has 1 aliphatic heterocycles. The van der Waals surface area contributed by atoms with Crippen LogP contribution in [-0.4, -0.2) is 25.2 Å². The fraction of sp³-hybridized carbons (Fsp3) is 0.429. The molecule has 2 atom stereocenters. The Bertz CT molecular complexity index is 566. The lowest BCUT2D eigenvalue weighted by atomic mass is 10.1. The molecule has 3 rings (SSSR count). The van der Waals surface area contributed by atoms with Crippen LogP contribution in [0.2, 0.25) is 0 Å². The topological polar surface area (TPSA) is 28.4 Å². The Kier molecular flexibility index (Phi) is 2.74. The van der Waals surface area contributed by atoms with Crippen molar-refractivity contribution in [2.45, 2.75) is 25.9 Å². The Hall–Kier alpha value is -1.55. The van der Waals surface area contributed by atoms with Gasteiger partial charge in [0.2, 0.25) is 0 Å². The lowest BCUT2D eigenvalue weighted by molar-refractivity contribution is 0.403. The predicted octanol–water partition coefficient (Wildman–Crippen LogP) is 2.76. The second-order valence-corrected chi connectivity index (χ2v) is 4.94. The first-order chi connectivity index (χ1) is 8.66. The molecule has 1 aliphatic rings. The first kappa shape index (κ1) is 11.5. The molecule has 1 saturated heterocycles. The molecule has 96 valence electrons.